The Morgan fingerprint density at radius 2 is 2.40 bits per heavy atom. The summed E-state index contributed by atoms with van der Waals surface area (Å²) < 4.78 is 5.71. The number of ether oxygens (including phenoxy) is 1. The largest absolute Gasteiger partial charge is 0.378 e. The fourth-order valence-corrected chi connectivity index (χ4v) is 2.94. The van der Waals surface area contributed by atoms with Crippen LogP contribution in [-0.4, -0.2) is 24.2 Å². The zero-order valence-corrected chi connectivity index (χ0v) is 12.9. The van der Waals surface area contributed by atoms with Gasteiger partial charge in [-0.05, 0) is 63.6 Å². The van der Waals surface area contributed by atoms with E-state index in [1.54, 1.807) is 0 Å². The Kier molecular flexibility index (Phi) is 6.48. The summed E-state index contributed by atoms with van der Waals surface area (Å²) in [6.45, 7) is 6.38. The molecule has 3 heteroatoms. The Labute approximate surface area is 123 Å². The Morgan fingerprint density at radius 3 is 3.10 bits per heavy atom. The number of nitrogens with zero attached hydrogens (tertiary/aromatic N) is 1. The van der Waals surface area contributed by atoms with E-state index < -0.39 is 0 Å². The molecule has 2 heterocycles. The molecule has 2 unspecified atom stereocenters. The molecule has 1 aromatic heterocycles. The fraction of sp³-hybridized carbons (Fsp3) is 0.706. The summed E-state index contributed by atoms with van der Waals surface area (Å²) in [6, 6.07) is 4.56. The van der Waals surface area contributed by atoms with Gasteiger partial charge in [0.05, 0.1) is 11.8 Å². The van der Waals surface area contributed by atoms with Gasteiger partial charge in [0.2, 0.25) is 0 Å². The quantitative estimate of drug-likeness (QED) is 0.784. The van der Waals surface area contributed by atoms with Gasteiger partial charge in [0, 0.05) is 18.8 Å². The second-order valence-corrected chi connectivity index (χ2v) is 5.78. The Hall–Kier alpha value is -0.930. The standard InChI is InChI=1S/C17H28N2O/c1-3-11-18-16(17-14(2)7-5-12-19-17)10-4-8-15-9-6-13-20-15/h5,7,12,15-16,18H,3-4,6,8-11,13H2,1-2H3. The zero-order chi connectivity index (χ0) is 14.2. The van der Waals surface area contributed by atoms with Gasteiger partial charge in [0.15, 0.2) is 0 Å². The third-order valence-corrected chi connectivity index (χ3v) is 4.06. The van der Waals surface area contributed by atoms with Gasteiger partial charge in [-0.3, -0.25) is 4.98 Å². The first-order valence-corrected chi connectivity index (χ1v) is 8.07. The third-order valence-electron chi connectivity index (χ3n) is 4.06. The summed E-state index contributed by atoms with van der Waals surface area (Å²) in [4.78, 5) is 4.59. The van der Waals surface area contributed by atoms with Crippen LogP contribution in [0, 0.1) is 6.92 Å². The molecule has 1 fully saturated rings. The molecule has 1 saturated heterocycles. The van der Waals surface area contributed by atoms with Crippen LogP contribution in [-0.2, 0) is 4.74 Å². The molecule has 3 nitrogen and oxygen atoms in total. The lowest BCUT2D eigenvalue weighted by atomic mass is 10.00. The molecule has 0 amide bonds. The van der Waals surface area contributed by atoms with E-state index in [1.807, 2.05) is 12.3 Å². The van der Waals surface area contributed by atoms with Gasteiger partial charge < -0.3 is 10.1 Å². The third kappa shape index (κ3) is 4.57. The van der Waals surface area contributed by atoms with Crippen LogP contribution < -0.4 is 5.32 Å². The smallest absolute Gasteiger partial charge is 0.0602 e. The zero-order valence-electron chi connectivity index (χ0n) is 12.9. The molecule has 1 N–H and O–H groups in total. The van der Waals surface area contributed by atoms with Crippen LogP contribution in [0.3, 0.4) is 0 Å². The molecule has 0 radical (unpaired) electrons. The van der Waals surface area contributed by atoms with Gasteiger partial charge in [-0.2, -0.15) is 0 Å². The minimum Gasteiger partial charge on any atom is -0.378 e. The van der Waals surface area contributed by atoms with Gasteiger partial charge >= 0.3 is 0 Å². The molecular formula is C17H28N2O. The van der Waals surface area contributed by atoms with E-state index in [-0.39, 0.29) is 0 Å². The minimum atomic E-state index is 0.387. The van der Waals surface area contributed by atoms with Crippen molar-refractivity contribution in [2.75, 3.05) is 13.2 Å². The minimum absolute atomic E-state index is 0.387. The van der Waals surface area contributed by atoms with Crippen LogP contribution in [0.15, 0.2) is 18.3 Å². The molecule has 0 saturated carbocycles. The Bertz CT molecular complexity index is 388. The van der Waals surface area contributed by atoms with Crippen LogP contribution in [0.4, 0.5) is 0 Å². The summed E-state index contributed by atoms with van der Waals surface area (Å²) in [7, 11) is 0. The molecule has 0 aliphatic carbocycles. The van der Waals surface area contributed by atoms with Crippen LogP contribution in [0.25, 0.3) is 0 Å². The van der Waals surface area contributed by atoms with E-state index in [1.165, 1.54) is 36.9 Å². The average molecular weight is 276 g/mol. The van der Waals surface area contributed by atoms with Crippen LogP contribution in [0.2, 0.25) is 0 Å². The fourth-order valence-electron chi connectivity index (χ4n) is 2.94. The van der Waals surface area contributed by atoms with Crippen molar-refractivity contribution in [2.45, 2.75) is 64.5 Å². The predicted octanol–water partition coefficient (Wildman–Crippen LogP) is 3.78. The highest BCUT2D eigenvalue weighted by Gasteiger charge is 2.18. The number of rotatable bonds is 8. The van der Waals surface area contributed by atoms with Crippen molar-refractivity contribution in [3.63, 3.8) is 0 Å². The van der Waals surface area contributed by atoms with Crippen molar-refractivity contribution in [1.82, 2.24) is 10.3 Å². The maximum absolute atomic E-state index is 5.71. The monoisotopic (exact) mass is 276 g/mol. The number of hydrogen-bond donors (Lipinski definition) is 1. The van der Waals surface area contributed by atoms with E-state index >= 15 is 0 Å². The maximum atomic E-state index is 5.71. The van der Waals surface area contributed by atoms with Crippen molar-refractivity contribution in [1.29, 1.82) is 0 Å². The number of hydrogen-bond acceptors (Lipinski definition) is 3. The number of aryl methyl sites for hydroxylation is 1. The first kappa shape index (κ1) is 15.5. The topological polar surface area (TPSA) is 34.1 Å². The highest BCUT2D eigenvalue weighted by atomic mass is 16.5. The molecule has 1 aliphatic rings. The second-order valence-electron chi connectivity index (χ2n) is 5.78. The van der Waals surface area contributed by atoms with Crippen LogP contribution >= 0.6 is 0 Å². The van der Waals surface area contributed by atoms with E-state index in [9.17, 15) is 0 Å². The number of nitrogens with one attached hydrogen (secondary N) is 1. The first-order valence-electron chi connectivity index (χ1n) is 8.07. The lowest BCUT2D eigenvalue weighted by Gasteiger charge is -2.20. The van der Waals surface area contributed by atoms with Gasteiger partial charge in [-0.25, -0.2) is 0 Å². The van der Waals surface area contributed by atoms with Crippen molar-refractivity contribution in [3.8, 4) is 0 Å². The number of aromatic nitrogens is 1. The molecular weight excluding hydrogens is 248 g/mol. The molecule has 2 rings (SSSR count). The predicted molar refractivity (Wildman–Crippen MR) is 82.8 cm³/mol. The van der Waals surface area contributed by atoms with E-state index in [4.69, 9.17) is 4.74 Å². The van der Waals surface area contributed by atoms with E-state index in [0.29, 0.717) is 12.1 Å². The van der Waals surface area contributed by atoms with Crippen LogP contribution in [0.1, 0.15) is 62.7 Å². The Balaban J connectivity index is 1.87. The van der Waals surface area contributed by atoms with Crippen molar-refractivity contribution in [3.05, 3.63) is 29.6 Å². The highest BCUT2D eigenvalue weighted by molar-refractivity contribution is 5.21. The molecule has 0 spiro atoms. The summed E-state index contributed by atoms with van der Waals surface area (Å²) in [5.41, 5.74) is 2.51. The average Bonchev–Trinajstić information content (AvgIpc) is 2.97. The maximum Gasteiger partial charge on any atom is 0.0602 e. The lowest BCUT2D eigenvalue weighted by Crippen LogP contribution is -2.24. The summed E-state index contributed by atoms with van der Waals surface area (Å²) in [6.07, 6.45) is 9.61. The molecule has 20 heavy (non-hydrogen) atoms. The van der Waals surface area contributed by atoms with Gasteiger partial charge in [-0.1, -0.05) is 13.0 Å². The molecule has 112 valence electrons. The van der Waals surface area contributed by atoms with Gasteiger partial charge in [0.1, 0.15) is 0 Å². The molecule has 0 bridgehead atoms. The highest BCUT2D eigenvalue weighted by Crippen LogP contribution is 2.23. The lowest BCUT2D eigenvalue weighted by molar-refractivity contribution is 0.101. The van der Waals surface area contributed by atoms with Crippen molar-refractivity contribution >= 4 is 0 Å². The molecule has 0 aromatic carbocycles. The van der Waals surface area contributed by atoms with Crippen molar-refractivity contribution < 1.29 is 4.74 Å². The van der Waals surface area contributed by atoms with Crippen LogP contribution in [0.5, 0.6) is 0 Å². The molecule has 2 atom stereocenters. The first-order chi connectivity index (χ1) is 9.81. The summed E-state index contributed by atoms with van der Waals surface area (Å²) in [5, 5.41) is 3.65. The SMILES string of the molecule is CCCNC(CCCC1CCCO1)c1ncccc1C. The van der Waals surface area contributed by atoms with E-state index in [2.05, 4.69) is 30.2 Å². The normalized spacial score (nSPS) is 20.2. The van der Waals surface area contributed by atoms with Crippen molar-refractivity contribution in [2.24, 2.45) is 0 Å². The Morgan fingerprint density at radius 1 is 1.50 bits per heavy atom. The molecule has 1 aromatic rings. The van der Waals surface area contributed by atoms with Gasteiger partial charge in [0.25, 0.3) is 0 Å². The van der Waals surface area contributed by atoms with E-state index in [0.717, 1.165) is 26.0 Å². The van der Waals surface area contributed by atoms with Gasteiger partial charge in [-0.15, -0.1) is 0 Å². The summed E-state index contributed by atoms with van der Waals surface area (Å²) in [5.74, 6) is 0. The summed E-state index contributed by atoms with van der Waals surface area (Å²) >= 11 is 0. The number of pyridine rings is 1. The molecule has 1 aliphatic heterocycles. The second kappa shape index (κ2) is 8.38.